The summed E-state index contributed by atoms with van der Waals surface area (Å²) in [4.78, 5) is 7.07. The number of halogens is 2. The quantitative estimate of drug-likeness (QED) is 0.854. The zero-order chi connectivity index (χ0) is 12.6. The Kier molecular flexibility index (Phi) is 4.42. The normalized spacial score (nSPS) is 13.1. The zero-order valence-corrected chi connectivity index (χ0v) is 12.8. The van der Waals surface area contributed by atoms with Gasteiger partial charge in [-0.2, -0.15) is 0 Å². The van der Waals surface area contributed by atoms with Crippen LogP contribution in [0.25, 0.3) is 0 Å². The smallest absolute Gasteiger partial charge is 0.272 e. The fourth-order valence-corrected chi connectivity index (χ4v) is 4.01. The van der Waals surface area contributed by atoms with E-state index < -0.39 is 15.6 Å². The molecule has 0 bridgehead atoms. The van der Waals surface area contributed by atoms with E-state index in [4.69, 9.17) is 16.4 Å². The van der Waals surface area contributed by atoms with Crippen LogP contribution in [0.1, 0.15) is 20.8 Å². The van der Waals surface area contributed by atoms with Gasteiger partial charge in [-0.15, -0.1) is 11.3 Å². The molecule has 1 aromatic heterocycles. The summed E-state index contributed by atoms with van der Waals surface area (Å²) in [6, 6.07) is 1.37. The maximum atomic E-state index is 11.7. The molecule has 0 saturated carbocycles. The maximum absolute atomic E-state index is 11.7. The van der Waals surface area contributed by atoms with Crippen molar-refractivity contribution in [1.82, 2.24) is 4.89 Å². The van der Waals surface area contributed by atoms with E-state index in [9.17, 15) is 8.42 Å². The van der Waals surface area contributed by atoms with Gasteiger partial charge < -0.3 is 0 Å². The van der Waals surface area contributed by atoms with Crippen LogP contribution >= 0.6 is 38.9 Å². The van der Waals surface area contributed by atoms with Gasteiger partial charge in [-0.1, -0.05) is 16.5 Å². The second-order valence-electron chi connectivity index (χ2n) is 3.99. The molecule has 0 atom stereocenters. The molecular weight excluding hydrogens is 338 g/mol. The summed E-state index contributed by atoms with van der Waals surface area (Å²) in [7, 11) is -3.66. The van der Waals surface area contributed by atoms with E-state index in [1.807, 2.05) is 0 Å². The molecular formula is C8H11BrClNO3S2. The van der Waals surface area contributed by atoms with E-state index in [0.717, 1.165) is 11.3 Å². The molecule has 0 aromatic carbocycles. The summed E-state index contributed by atoms with van der Waals surface area (Å²) in [6.07, 6.45) is 0. The molecule has 1 N–H and O–H groups in total. The Labute approximate surface area is 112 Å². The lowest BCUT2D eigenvalue weighted by Crippen LogP contribution is -2.33. The molecule has 0 saturated heterocycles. The van der Waals surface area contributed by atoms with Gasteiger partial charge in [0.25, 0.3) is 10.0 Å². The average molecular weight is 349 g/mol. The zero-order valence-electron chi connectivity index (χ0n) is 8.87. The number of sulfonamides is 1. The first kappa shape index (κ1) is 14.4. The van der Waals surface area contributed by atoms with Gasteiger partial charge >= 0.3 is 0 Å². The molecule has 0 radical (unpaired) electrons. The Morgan fingerprint density at radius 2 is 2.06 bits per heavy atom. The molecule has 0 amide bonds. The summed E-state index contributed by atoms with van der Waals surface area (Å²) in [5, 5.41) is 0.362. The van der Waals surface area contributed by atoms with Crippen molar-refractivity contribution in [1.29, 1.82) is 0 Å². The number of hydrogen-bond acceptors (Lipinski definition) is 4. The van der Waals surface area contributed by atoms with Crippen molar-refractivity contribution in [2.24, 2.45) is 0 Å². The number of nitrogens with one attached hydrogen (secondary N) is 1. The third kappa shape index (κ3) is 3.97. The Balaban J connectivity index is 2.87. The van der Waals surface area contributed by atoms with Crippen molar-refractivity contribution in [2.75, 3.05) is 0 Å². The fraction of sp³-hybridized carbons (Fsp3) is 0.500. The lowest BCUT2D eigenvalue weighted by atomic mass is 10.2. The topological polar surface area (TPSA) is 55.4 Å². The van der Waals surface area contributed by atoms with Crippen LogP contribution in [0.3, 0.4) is 0 Å². The van der Waals surface area contributed by atoms with Crippen molar-refractivity contribution in [3.05, 3.63) is 14.9 Å². The Morgan fingerprint density at radius 1 is 1.50 bits per heavy atom. The summed E-state index contributed by atoms with van der Waals surface area (Å²) in [5.41, 5.74) is -0.592. The van der Waals surface area contributed by atoms with Crippen LogP contribution in [0.15, 0.2) is 14.1 Å². The predicted molar refractivity (Wildman–Crippen MR) is 68.2 cm³/mol. The van der Waals surface area contributed by atoms with Crippen molar-refractivity contribution >= 4 is 48.9 Å². The fourth-order valence-electron chi connectivity index (χ4n) is 0.680. The maximum Gasteiger partial charge on any atom is 0.272 e. The van der Waals surface area contributed by atoms with Crippen LogP contribution < -0.4 is 4.89 Å². The Hall–Kier alpha value is 0.340. The molecule has 0 unspecified atom stereocenters. The van der Waals surface area contributed by atoms with E-state index in [2.05, 4.69) is 20.8 Å². The first-order chi connectivity index (χ1) is 7.12. The minimum absolute atomic E-state index is 0.105. The first-order valence-electron chi connectivity index (χ1n) is 4.26. The second kappa shape index (κ2) is 4.91. The summed E-state index contributed by atoms with van der Waals surface area (Å²) < 4.78 is 24.2. The van der Waals surface area contributed by atoms with Crippen LogP contribution in [0.4, 0.5) is 0 Å². The summed E-state index contributed by atoms with van der Waals surface area (Å²) in [5.74, 6) is 0. The number of rotatable bonds is 3. The van der Waals surface area contributed by atoms with Crippen molar-refractivity contribution in [2.45, 2.75) is 30.6 Å². The lowest BCUT2D eigenvalue weighted by Gasteiger charge is -2.18. The van der Waals surface area contributed by atoms with E-state index in [1.54, 1.807) is 20.8 Å². The van der Waals surface area contributed by atoms with E-state index >= 15 is 0 Å². The molecule has 1 aromatic rings. The molecule has 16 heavy (non-hydrogen) atoms. The minimum atomic E-state index is -3.66. The lowest BCUT2D eigenvalue weighted by molar-refractivity contribution is -0.0356. The molecule has 0 aliphatic heterocycles. The second-order valence-corrected chi connectivity index (χ2v) is 8.64. The van der Waals surface area contributed by atoms with Crippen molar-refractivity contribution in [3.63, 3.8) is 0 Å². The van der Waals surface area contributed by atoms with Crippen LogP contribution in [0.2, 0.25) is 5.02 Å². The third-order valence-corrected chi connectivity index (χ3v) is 5.47. The monoisotopic (exact) mass is 347 g/mol. The van der Waals surface area contributed by atoms with Gasteiger partial charge in [-0.25, -0.2) is 8.42 Å². The molecule has 0 spiro atoms. The summed E-state index contributed by atoms with van der Waals surface area (Å²) in [6.45, 7) is 5.23. The first-order valence-corrected chi connectivity index (χ1v) is 7.73. The minimum Gasteiger partial charge on any atom is -0.281 e. The highest BCUT2D eigenvalue weighted by Gasteiger charge is 2.22. The van der Waals surface area contributed by atoms with Crippen LogP contribution in [-0.2, 0) is 14.9 Å². The standard InChI is InChI=1S/C8H11BrClNO3S2/c1-8(2,3)14-11-16(12,13)6-4-5(10)7(9)15-6/h4,11H,1-3H3. The highest BCUT2D eigenvalue weighted by atomic mass is 79.9. The van der Waals surface area contributed by atoms with Gasteiger partial charge in [0, 0.05) is 0 Å². The summed E-state index contributed by atoms with van der Waals surface area (Å²) >= 11 is 9.93. The molecule has 0 aliphatic carbocycles. The van der Waals surface area contributed by atoms with Crippen LogP contribution in [0, 0.1) is 0 Å². The molecule has 92 valence electrons. The van der Waals surface area contributed by atoms with Gasteiger partial charge in [0.05, 0.1) is 14.4 Å². The van der Waals surface area contributed by atoms with Crippen LogP contribution in [0.5, 0.6) is 0 Å². The Bertz CT molecular complexity index is 458. The van der Waals surface area contributed by atoms with Gasteiger partial charge in [0.1, 0.15) is 4.21 Å². The third-order valence-electron chi connectivity index (χ3n) is 1.34. The highest BCUT2D eigenvalue weighted by molar-refractivity contribution is 9.11. The van der Waals surface area contributed by atoms with Gasteiger partial charge in [0.2, 0.25) is 0 Å². The molecule has 8 heteroatoms. The van der Waals surface area contributed by atoms with Gasteiger partial charge in [-0.3, -0.25) is 4.84 Å². The van der Waals surface area contributed by atoms with Gasteiger partial charge in [0.15, 0.2) is 0 Å². The largest absolute Gasteiger partial charge is 0.281 e. The Morgan fingerprint density at radius 3 is 2.44 bits per heavy atom. The van der Waals surface area contributed by atoms with Crippen LogP contribution in [-0.4, -0.2) is 14.0 Å². The van der Waals surface area contributed by atoms with Gasteiger partial charge in [-0.05, 0) is 42.8 Å². The van der Waals surface area contributed by atoms with Crippen molar-refractivity contribution < 1.29 is 13.3 Å². The predicted octanol–water partition coefficient (Wildman–Crippen LogP) is 3.17. The molecule has 4 nitrogen and oxygen atoms in total. The van der Waals surface area contributed by atoms with E-state index in [-0.39, 0.29) is 4.21 Å². The molecule has 1 rings (SSSR count). The molecule has 0 fully saturated rings. The SMILES string of the molecule is CC(C)(C)ONS(=O)(=O)c1cc(Cl)c(Br)s1. The van der Waals surface area contributed by atoms with E-state index in [1.165, 1.54) is 6.07 Å². The number of hydrogen-bond donors (Lipinski definition) is 1. The molecule has 0 aliphatic rings. The number of thiophene rings is 1. The highest BCUT2D eigenvalue weighted by Crippen LogP contribution is 2.34. The average Bonchev–Trinajstić information content (AvgIpc) is 2.44. The molecule has 1 heterocycles. The van der Waals surface area contributed by atoms with Crippen molar-refractivity contribution in [3.8, 4) is 0 Å². The van der Waals surface area contributed by atoms with E-state index in [0.29, 0.717) is 8.81 Å².